The van der Waals surface area contributed by atoms with E-state index < -0.39 is 11.7 Å². The maximum Gasteiger partial charge on any atom is 0.416 e. The topological polar surface area (TPSA) is 26.5 Å². The molecule has 0 spiro atoms. The van der Waals surface area contributed by atoms with Crippen molar-refractivity contribution in [1.82, 2.24) is 9.38 Å². The Bertz CT molecular complexity index is 820. The first-order valence-corrected chi connectivity index (χ1v) is 7.17. The number of hydrogen-bond acceptors (Lipinski definition) is 2. The Morgan fingerprint density at radius 1 is 1.09 bits per heavy atom. The third-order valence-electron chi connectivity index (χ3n) is 3.57. The van der Waals surface area contributed by atoms with Gasteiger partial charge in [0.2, 0.25) is 5.88 Å². The Hall–Kier alpha value is -2.50. The normalized spacial score (nSPS) is 12.1. The fourth-order valence-corrected chi connectivity index (χ4v) is 2.28. The highest BCUT2D eigenvalue weighted by atomic mass is 19.4. The van der Waals surface area contributed by atoms with Crippen LogP contribution >= 0.6 is 0 Å². The first-order valence-electron chi connectivity index (χ1n) is 7.17. The lowest BCUT2D eigenvalue weighted by atomic mass is 10.0. The molecule has 0 aliphatic rings. The molecule has 0 atom stereocenters. The highest BCUT2D eigenvalue weighted by molar-refractivity contribution is 5.47. The quantitative estimate of drug-likeness (QED) is 0.657. The lowest BCUT2D eigenvalue weighted by Gasteiger charge is -2.13. The van der Waals surface area contributed by atoms with E-state index in [1.807, 2.05) is 12.1 Å². The number of aromatic nitrogens is 2. The molecule has 0 aliphatic carbocycles. The number of ether oxygens (including phenoxy) is 1. The Morgan fingerprint density at radius 3 is 2.39 bits per heavy atom. The second kappa shape index (κ2) is 5.61. The summed E-state index contributed by atoms with van der Waals surface area (Å²) in [6.07, 6.45) is -1.45. The van der Waals surface area contributed by atoms with Crippen molar-refractivity contribution in [1.29, 1.82) is 0 Å². The van der Waals surface area contributed by atoms with Crippen LogP contribution in [0.15, 0.2) is 48.8 Å². The van der Waals surface area contributed by atoms with Crippen molar-refractivity contribution >= 4 is 5.65 Å². The van der Waals surface area contributed by atoms with Crippen molar-refractivity contribution in [3.05, 3.63) is 59.9 Å². The summed E-state index contributed by atoms with van der Waals surface area (Å²) in [6.45, 7) is 4.13. The summed E-state index contributed by atoms with van der Waals surface area (Å²) in [4.78, 5) is 3.92. The molecular weight excluding hydrogens is 305 g/mol. The van der Waals surface area contributed by atoms with Gasteiger partial charge in [-0.05, 0) is 29.7 Å². The van der Waals surface area contributed by atoms with Crippen molar-refractivity contribution in [2.24, 2.45) is 0 Å². The highest BCUT2D eigenvalue weighted by Crippen LogP contribution is 2.34. The van der Waals surface area contributed by atoms with Crippen LogP contribution < -0.4 is 4.74 Å². The average Bonchev–Trinajstić information content (AvgIpc) is 2.95. The number of alkyl halides is 3. The van der Waals surface area contributed by atoms with Gasteiger partial charge < -0.3 is 4.74 Å². The van der Waals surface area contributed by atoms with Gasteiger partial charge in [0, 0.05) is 18.5 Å². The van der Waals surface area contributed by atoms with E-state index in [4.69, 9.17) is 4.74 Å². The molecule has 0 saturated heterocycles. The highest BCUT2D eigenvalue weighted by Gasteiger charge is 2.32. The molecule has 0 radical (unpaired) electrons. The molecular formula is C17H15F3N2O. The first kappa shape index (κ1) is 15.4. The summed E-state index contributed by atoms with van der Waals surface area (Å²) < 4.78 is 46.1. The van der Waals surface area contributed by atoms with Gasteiger partial charge in [-0.2, -0.15) is 13.2 Å². The van der Waals surface area contributed by atoms with Crippen LogP contribution in [0, 0.1) is 0 Å². The number of rotatable bonds is 3. The van der Waals surface area contributed by atoms with E-state index in [-0.39, 0.29) is 11.5 Å². The minimum Gasteiger partial charge on any atom is -0.440 e. The predicted molar refractivity (Wildman–Crippen MR) is 80.8 cm³/mol. The van der Waals surface area contributed by atoms with Gasteiger partial charge in [0.25, 0.3) is 0 Å². The van der Waals surface area contributed by atoms with Gasteiger partial charge in [0.1, 0.15) is 11.4 Å². The molecule has 2 aromatic heterocycles. The maximum atomic E-state index is 13.0. The van der Waals surface area contributed by atoms with Gasteiger partial charge in [0.15, 0.2) is 0 Å². The van der Waals surface area contributed by atoms with E-state index in [0.29, 0.717) is 11.7 Å². The van der Waals surface area contributed by atoms with Crippen LogP contribution in [0.5, 0.6) is 11.6 Å². The number of imidazole rings is 1. The van der Waals surface area contributed by atoms with E-state index >= 15 is 0 Å². The number of pyridine rings is 1. The monoisotopic (exact) mass is 320 g/mol. The molecule has 0 saturated carbocycles. The van der Waals surface area contributed by atoms with Gasteiger partial charge >= 0.3 is 6.18 Å². The van der Waals surface area contributed by atoms with E-state index in [0.717, 1.165) is 17.7 Å². The Morgan fingerprint density at radius 2 is 1.78 bits per heavy atom. The van der Waals surface area contributed by atoms with Crippen LogP contribution in [-0.4, -0.2) is 9.38 Å². The van der Waals surface area contributed by atoms with Gasteiger partial charge in [-0.25, -0.2) is 4.98 Å². The van der Waals surface area contributed by atoms with E-state index in [2.05, 4.69) is 18.8 Å². The average molecular weight is 320 g/mol. The van der Waals surface area contributed by atoms with E-state index in [9.17, 15) is 13.2 Å². The van der Waals surface area contributed by atoms with Crippen molar-refractivity contribution in [2.75, 3.05) is 0 Å². The number of benzene rings is 1. The standard InChI is InChI=1S/C17H15F3N2O/c1-11(2)12-3-5-14(6-4-12)23-16-10-13(17(18,19)20)9-15-21-7-8-22(15)16/h3-11H,1-2H3. The Labute approximate surface area is 131 Å². The summed E-state index contributed by atoms with van der Waals surface area (Å²) in [6, 6.07) is 9.27. The molecule has 23 heavy (non-hydrogen) atoms. The zero-order valence-corrected chi connectivity index (χ0v) is 12.6. The van der Waals surface area contributed by atoms with Crippen LogP contribution in [0.3, 0.4) is 0 Å². The molecule has 0 unspecified atom stereocenters. The molecule has 0 N–H and O–H groups in total. The molecule has 3 aromatic rings. The minimum atomic E-state index is -4.45. The Kier molecular flexibility index (Phi) is 3.75. The molecule has 0 aliphatic heterocycles. The number of fused-ring (bicyclic) bond motifs is 1. The Balaban J connectivity index is 2.00. The summed E-state index contributed by atoms with van der Waals surface area (Å²) in [7, 11) is 0. The number of nitrogens with zero attached hydrogens (tertiary/aromatic N) is 2. The lowest BCUT2D eigenvalue weighted by Crippen LogP contribution is -2.07. The summed E-state index contributed by atoms with van der Waals surface area (Å²) in [5.41, 5.74) is 0.535. The molecule has 3 rings (SSSR count). The first-order chi connectivity index (χ1) is 10.8. The number of hydrogen-bond donors (Lipinski definition) is 0. The second-order valence-electron chi connectivity index (χ2n) is 5.56. The summed E-state index contributed by atoms with van der Waals surface area (Å²) >= 11 is 0. The molecule has 6 heteroatoms. The molecule has 1 aromatic carbocycles. The summed E-state index contributed by atoms with van der Waals surface area (Å²) in [5.74, 6) is 0.923. The van der Waals surface area contributed by atoms with Crippen LogP contribution in [0.25, 0.3) is 5.65 Å². The van der Waals surface area contributed by atoms with Crippen LogP contribution in [0.1, 0.15) is 30.9 Å². The molecule has 0 fully saturated rings. The summed E-state index contributed by atoms with van der Waals surface area (Å²) in [5, 5.41) is 0. The van der Waals surface area contributed by atoms with Gasteiger partial charge in [-0.3, -0.25) is 4.40 Å². The molecule has 120 valence electrons. The lowest BCUT2D eigenvalue weighted by molar-refractivity contribution is -0.137. The third-order valence-corrected chi connectivity index (χ3v) is 3.57. The zero-order chi connectivity index (χ0) is 16.6. The molecule has 0 bridgehead atoms. The molecule has 0 amide bonds. The van der Waals surface area contributed by atoms with Crippen molar-refractivity contribution in [3.8, 4) is 11.6 Å². The van der Waals surface area contributed by atoms with Crippen LogP contribution in [0.2, 0.25) is 0 Å². The minimum absolute atomic E-state index is 0.0737. The van der Waals surface area contributed by atoms with Crippen molar-refractivity contribution in [2.45, 2.75) is 25.9 Å². The predicted octanol–water partition coefficient (Wildman–Crippen LogP) is 5.27. The van der Waals surface area contributed by atoms with Crippen LogP contribution in [0.4, 0.5) is 13.2 Å². The largest absolute Gasteiger partial charge is 0.440 e. The fourth-order valence-electron chi connectivity index (χ4n) is 2.28. The third kappa shape index (κ3) is 3.16. The maximum absolute atomic E-state index is 13.0. The van der Waals surface area contributed by atoms with E-state index in [1.165, 1.54) is 10.6 Å². The number of halogens is 3. The van der Waals surface area contributed by atoms with E-state index in [1.54, 1.807) is 18.3 Å². The van der Waals surface area contributed by atoms with Gasteiger partial charge in [-0.15, -0.1) is 0 Å². The zero-order valence-electron chi connectivity index (χ0n) is 12.6. The van der Waals surface area contributed by atoms with Gasteiger partial charge in [0.05, 0.1) is 5.56 Å². The molecule has 2 heterocycles. The molecule has 3 nitrogen and oxygen atoms in total. The smallest absolute Gasteiger partial charge is 0.416 e. The van der Waals surface area contributed by atoms with Crippen molar-refractivity contribution < 1.29 is 17.9 Å². The van der Waals surface area contributed by atoms with Crippen molar-refractivity contribution in [3.63, 3.8) is 0 Å². The second-order valence-corrected chi connectivity index (χ2v) is 5.56. The van der Waals surface area contributed by atoms with Crippen LogP contribution in [-0.2, 0) is 6.18 Å². The SMILES string of the molecule is CC(C)c1ccc(Oc2cc(C(F)(F)F)cc3nccn23)cc1. The van der Waals surface area contributed by atoms with Gasteiger partial charge in [-0.1, -0.05) is 26.0 Å². The fraction of sp³-hybridized carbons (Fsp3) is 0.235.